The number of rotatable bonds is 6. The zero-order valence-electron chi connectivity index (χ0n) is 10.6. The fourth-order valence-corrected chi connectivity index (χ4v) is 2.30. The van der Waals surface area contributed by atoms with Crippen molar-refractivity contribution in [3.63, 3.8) is 0 Å². The summed E-state index contributed by atoms with van der Waals surface area (Å²) in [5.41, 5.74) is 0. The molecule has 1 fully saturated rings. The Kier molecular flexibility index (Phi) is 6.46. The molecular weight excluding hydrogens is 202 g/mol. The highest BCUT2D eigenvalue weighted by Crippen LogP contribution is 2.27. The van der Waals surface area contributed by atoms with Gasteiger partial charge in [0.05, 0.1) is 7.11 Å². The van der Waals surface area contributed by atoms with Crippen molar-refractivity contribution in [3.8, 4) is 0 Å². The van der Waals surface area contributed by atoms with Crippen molar-refractivity contribution < 1.29 is 9.53 Å². The number of carbonyl (C=O) groups is 1. The van der Waals surface area contributed by atoms with Crippen LogP contribution in [-0.4, -0.2) is 26.2 Å². The summed E-state index contributed by atoms with van der Waals surface area (Å²) in [6, 6.07) is 0. The first-order valence-corrected chi connectivity index (χ1v) is 6.50. The van der Waals surface area contributed by atoms with E-state index < -0.39 is 0 Å². The molecule has 0 aromatic heterocycles. The minimum Gasteiger partial charge on any atom is -0.469 e. The monoisotopic (exact) mass is 227 g/mol. The fraction of sp³-hybridized carbons (Fsp3) is 0.923. The predicted octanol–water partition coefficient (Wildman–Crippen LogP) is 2.36. The van der Waals surface area contributed by atoms with Gasteiger partial charge in [-0.05, 0) is 44.2 Å². The average Bonchev–Trinajstić information content (AvgIpc) is 2.31. The molecule has 0 aromatic carbocycles. The second-order valence-corrected chi connectivity index (χ2v) is 5.01. The average molecular weight is 227 g/mol. The van der Waals surface area contributed by atoms with Gasteiger partial charge in [0.25, 0.3) is 0 Å². The molecule has 1 saturated carbocycles. The number of nitrogens with one attached hydrogen (secondary N) is 1. The Morgan fingerprint density at radius 3 is 2.62 bits per heavy atom. The Hall–Kier alpha value is -0.570. The minimum absolute atomic E-state index is 0.103. The maximum Gasteiger partial charge on any atom is 0.305 e. The Morgan fingerprint density at radius 1 is 1.31 bits per heavy atom. The van der Waals surface area contributed by atoms with Crippen LogP contribution in [0.1, 0.15) is 45.4 Å². The molecular formula is C13H25NO2. The van der Waals surface area contributed by atoms with Gasteiger partial charge in [-0.1, -0.05) is 19.8 Å². The van der Waals surface area contributed by atoms with E-state index in [4.69, 9.17) is 0 Å². The third-order valence-electron chi connectivity index (χ3n) is 3.53. The number of carbonyl (C=O) groups excluding carboxylic acids is 1. The third-order valence-corrected chi connectivity index (χ3v) is 3.53. The van der Waals surface area contributed by atoms with Crippen molar-refractivity contribution in [2.45, 2.75) is 45.4 Å². The van der Waals surface area contributed by atoms with E-state index in [2.05, 4.69) is 17.0 Å². The predicted molar refractivity (Wildman–Crippen MR) is 65.2 cm³/mol. The molecule has 1 aliphatic carbocycles. The van der Waals surface area contributed by atoms with Gasteiger partial charge in [0.1, 0.15) is 0 Å². The summed E-state index contributed by atoms with van der Waals surface area (Å²) < 4.78 is 4.59. The van der Waals surface area contributed by atoms with Gasteiger partial charge in [-0.3, -0.25) is 4.79 Å². The summed E-state index contributed by atoms with van der Waals surface area (Å²) in [5, 5.41) is 3.44. The molecule has 1 N–H and O–H groups in total. The van der Waals surface area contributed by atoms with Crippen LogP contribution in [0.2, 0.25) is 0 Å². The van der Waals surface area contributed by atoms with E-state index in [9.17, 15) is 4.79 Å². The van der Waals surface area contributed by atoms with E-state index in [1.807, 2.05) is 0 Å². The first kappa shape index (κ1) is 13.5. The lowest BCUT2D eigenvalue weighted by Crippen LogP contribution is -2.27. The molecule has 0 aliphatic heterocycles. The van der Waals surface area contributed by atoms with Gasteiger partial charge < -0.3 is 10.1 Å². The molecule has 3 heteroatoms. The van der Waals surface area contributed by atoms with Crippen LogP contribution in [0.5, 0.6) is 0 Å². The molecule has 0 unspecified atom stereocenters. The lowest BCUT2D eigenvalue weighted by molar-refractivity contribution is -0.140. The number of hydrogen-bond acceptors (Lipinski definition) is 3. The molecule has 0 heterocycles. The summed E-state index contributed by atoms with van der Waals surface area (Å²) >= 11 is 0. The molecule has 94 valence electrons. The summed E-state index contributed by atoms with van der Waals surface area (Å²) in [6.07, 6.45) is 6.92. The van der Waals surface area contributed by atoms with Crippen molar-refractivity contribution in [2.24, 2.45) is 11.8 Å². The fourth-order valence-electron chi connectivity index (χ4n) is 2.30. The van der Waals surface area contributed by atoms with Crippen LogP contribution >= 0.6 is 0 Å². The van der Waals surface area contributed by atoms with Crippen molar-refractivity contribution in [1.82, 2.24) is 5.32 Å². The Morgan fingerprint density at radius 2 is 2.00 bits per heavy atom. The zero-order chi connectivity index (χ0) is 11.8. The molecule has 1 rings (SSSR count). The Labute approximate surface area is 98.9 Å². The number of esters is 1. The molecule has 1 aliphatic rings. The Balaban J connectivity index is 1.93. The van der Waals surface area contributed by atoms with Crippen LogP contribution in [0.4, 0.5) is 0 Å². The molecule has 0 atom stereocenters. The largest absolute Gasteiger partial charge is 0.469 e. The number of methoxy groups -OCH3 is 1. The normalized spacial score (nSPS) is 25.4. The van der Waals surface area contributed by atoms with E-state index >= 15 is 0 Å². The summed E-state index contributed by atoms with van der Waals surface area (Å²) in [6.45, 7) is 4.40. The topological polar surface area (TPSA) is 38.3 Å². The molecule has 0 bridgehead atoms. The highest BCUT2D eigenvalue weighted by Gasteiger charge is 2.17. The maximum absolute atomic E-state index is 10.9. The second kappa shape index (κ2) is 7.66. The first-order valence-electron chi connectivity index (χ1n) is 6.50. The van der Waals surface area contributed by atoms with Crippen LogP contribution in [0.25, 0.3) is 0 Å². The van der Waals surface area contributed by atoms with Gasteiger partial charge in [0, 0.05) is 6.42 Å². The van der Waals surface area contributed by atoms with E-state index in [0.717, 1.165) is 31.3 Å². The van der Waals surface area contributed by atoms with Gasteiger partial charge in [0.2, 0.25) is 0 Å². The number of hydrogen-bond donors (Lipinski definition) is 1. The van der Waals surface area contributed by atoms with Gasteiger partial charge in [0.15, 0.2) is 0 Å². The third kappa shape index (κ3) is 5.50. The quantitative estimate of drug-likeness (QED) is 0.559. The first-order chi connectivity index (χ1) is 7.72. The highest BCUT2D eigenvalue weighted by molar-refractivity contribution is 5.68. The SMILES string of the molecule is COC(=O)CCCNCC1CCC(C)CC1. The van der Waals surface area contributed by atoms with Crippen molar-refractivity contribution >= 4 is 5.97 Å². The lowest BCUT2D eigenvalue weighted by atomic mass is 9.83. The Bertz CT molecular complexity index is 198. The van der Waals surface area contributed by atoms with Crippen LogP contribution in [0.3, 0.4) is 0 Å². The van der Waals surface area contributed by atoms with Gasteiger partial charge in [-0.2, -0.15) is 0 Å². The van der Waals surface area contributed by atoms with E-state index in [0.29, 0.717) is 6.42 Å². The van der Waals surface area contributed by atoms with Gasteiger partial charge in [-0.15, -0.1) is 0 Å². The molecule has 0 amide bonds. The molecule has 3 nitrogen and oxygen atoms in total. The van der Waals surface area contributed by atoms with E-state index in [1.165, 1.54) is 32.8 Å². The van der Waals surface area contributed by atoms with Crippen LogP contribution < -0.4 is 5.32 Å². The van der Waals surface area contributed by atoms with E-state index in [1.54, 1.807) is 0 Å². The smallest absolute Gasteiger partial charge is 0.305 e. The second-order valence-electron chi connectivity index (χ2n) is 5.01. The van der Waals surface area contributed by atoms with Crippen molar-refractivity contribution in [1.29, 1.82) is 0 Å². The van der Waals surface area contributed by atoms with Gasteiger partial charge in [-0.25, -0.2) is 0 Å². The standard InChI is InChI=1S/C13H25NO2/c1-11-5-7-12(8-6-11)10-14-9-3-4-13(15)16-2/h11-12,14H,3-10H2,1-2H3. The minimum atomic E-state index is -0.103. The van der Waals surface area contributed by atoms with Crippen LogP contribution in [-0.2, 0) is 9.53 Å². The summed E-state index contributed by atoms with van der Waals surface area (Å²) in [5.74, 6) is 1.68. The number of ether oxygens (including phenoxy) is 1. The summed E-state index contributed by atoms with van der Waals surface area (Å²) in [7, 11) is 1.44. The summed E-state index contributed by atoms with van der Waals surface area (Å²) in [4.78, 5) is 10.9. The van der Waals surface area contributed by atoms with Gasteiger partial charge >= 0.3 is 5.97 Å². The zero-order valence-corrected chi connectivity index (χ0v) is 10.6. The molecule has 0 aromatic rings. The van der Waals surface area contributed by atoms with Crippen molar-refractivity contribution in [2.75, 3.05) is 20.2 Å². The lowest BCUT2D eigenvalue weighted by Gasteiger charge is -2.26. The molecule has 0 radical (unpaired) electrons. The van der Waals surface area contributed by atoms with Crippen LogP contribution in [0.15, 0.2) is 0 Å². The van der Waals surface area contributed by atoms with Crippen molar-refractivity contribution in [3.05, 3.63) is 0 Å². The van der Waals surface area contributed by atoms with Crippen LogP contribution in [0, 0.1) is 11.8 Å². The molecule has 0 saturated heterocycles. The highest BCUT2D eigenvalue weighted by atomic mass is 16.5. The molecule has 0 spiro atoms. The maximum atomic E-state index is 10.9. The molecule has 16 heavy (non-hydrogen) atoms. The van der Waals surface area contributed by atoms with E-state index in [-0.39, 0.29) is 5.97 Å².